The van der Waals surface area contributed by atoms with Gasteiger partial charge in [-0.3, -0.25) is 4.40 Å². The summed E-state index contributed by atoms with van der Waals surface area (Å²) in [5.41, 5.74) is 1.81. The molecule has 2 aromatic heterocycles. The summed E-state index contributed by atoms with van der Waals surface area (Å²) in [6, 6.07) is 7.87. The summed E-state index contributed by atoms with van der Waals surface area (Å²) in [6.07, 6.45) is 3.49. The molecule has 0 bridgehead atoms. The Bertz CT molecular complexity index is 720. The van der Waals surface area contributed by atoms with Crippen molar-refractivity contribution in [3.8, 4) is 11.6 Å². The van der Waals surface area contributed by atoms with E-state index in [4.69, 9.17) is 4.74 Å². The molecule has 0 amide bonds. The van der Waals surface area contributed by atoms with E-state index >= 15 is 0 Å². The minimum Gasteiger partial charge on any atom is -0.436 e. The largest absolute Gasteiger partial charge is 0.436 e. The lowest BCUT2D eigenvalue weighted by molar-refractivity contribution is 0.464. The molecular weight excluding hydrogens is 254 g/mol. The molecule has 0 aliphatic carbocycles. The average Bonchev–Trinajstić information content (AvgIpc) is 2.84. The number of fused-ring (bicyclic) bond motifs is 1. The maximum Gasteiger partial charge on any atom is 0.265 e. The van der Waals surface area contributed by atoms with Gasteiger partial charge in [-0.15, -0.1) is 10.2 Å². The second-order valence-corrected chi connectivity index (χ2v) is 4.45. The number of benzene rings is 1. The lowest BCUT2D eigenvalue weighted by Gasteiger charge is -2.06. The quantitative estimate of drug-likeness (QED) is 0.784. The minimum atomic E-state index is 0.453. The molecule has 0 unspecified atom stereocenters. The molecule has 3 rings (SSSR count). The Morgan fingerprint density at radius 2 is 2.00 bits per heavy atom. The van der Waals surface area contributed by atoms with Crippen LogP contribution in [0.5, 0.6) is 11.6 Å². The summed E-state index contributed by atoms with van der Waals surface area (Å²) >= 11 is 0. The molecule has 0 atom stereocenters. The molecular formula is C14H15N5O. The number of hydrogen-bond acceptors (Lipinski definition) is 5. The fourth-order valence-corrected chi connectivity index (χ4v) is 1.98. The molecule has 102 valence electrons. The van der Waals surface area contributed by atoms with Crippen molar-refractivity contribution in [1.29, 1.82) is 0 Å². The average molecular weight is 269 g/mol. The highest BCUT2D eigenvalue weighted by Gasteiger charge is 2.09. The first-order chi connectivity index (χ1) is 9.78. The van der Waals surface area contributed by atoms with Gasteiger partial charge in [-0.25, -0.2) is 4.98 Å². The zero-order valence-corrected chi connectivity index (χ0v) is 11.4. The third-order valence-corrected chi connectivity index (χ3v) is 2.98. The highest BCUT2D eigenvalue weighted by molar-refractivity contribution is 5.50. The second kappa shape index (κ2) is 5.26. The van der Waals surface area contributed by atoms with E-state index in [9.17, 15) is 0 Å². The standard InChI is InChI=1S/C14H15N5O/c1-10-17-18-13-14(16-7-8-19(10)13)20-12-5-3-11(4-6-12)9-15-2/h3-8,15H,9H2,1-2H3. The summed E-state index contributed by atoms with van der Waals surface area (Å²) in [6.45, 7) is 2.72. The van der Waals surface area contributed by atoms with Crippen molar-refractivity contribution in [3.05, 3.63) is 48.0 Å². The van der Waals surface area contributed by atoms with Crippen molar-refractivity contribution in [1.82, 2.24) is 24.9 Å². The van der Waals surface area contributed by atoms with Crippen LogP contribution in [0.3, 0.4) is 0 Å². The van der Waals surface area contributed by atoms with E-state index in [0.29, 0.717) is 11.5 Å². The Kier molecular flexibility index (Phi) is 3.30. The molecule has 0 saturated carbocycles. The van der Waals surface area contributed by atoms with Gasteiger partial charge >= 0.3 is 0 Å². The van der Waals surface area contributed by atoms with Crippen LogP contribution in [0.15, 0.2) is 36.7 Å². The fourth-order valence-electron chi connectivity index (χ4n) is 1.98. The van der Waals surface area contributed by atoms with E-state index in [2.05, 4.69) is 20.5 Å². The Balaban J connectivity index is 1.89. The van der Waals surface area contributed by atoms with Crippen LogP contribution in [0.25, 0.3) is 5.65 Å². The van der Waals surface area contributed by atoms with Crippen LogP contribution in [0.1, 0.15) is 11.4 Å². The number of ether oxygens (including phenoxy) is 1. The smallest absolute Gasteiger partial charge is 0.265 e. The van der Waals surface area contributed by atoms with Crippen LogP contribution >= 0.6 is 0 Å². The highest BCUT2D eigenvalue weighted by Crippen LogP contribution is 2.23. The predicted molar refractivity (Wildman–Crippen MR) is 74.8 cm³/mol. The van der Waals surface area contributed by atoms with Gasteiger partial charge in [0.1, 0.15) is 11.6 Å². The van der Waals surface area contributed by atoms with Crippen molar-refractivity contribution in [2.75, 3.05) is 7.05 Å². The van der Waals surface area contributed by atoms with Gasteiger partial charge in [0.2, 0.25) is 5.65 Å². The van der Waals surface area contributed by atoms with Gasteiger partial charge in [0.15, 0.2) is 0 Å². The van der Waals surface area contributed by atoms with E-state index < -0.39 is 0 Å². The number of hydrogen-bond donors (Lipinski definition) is 1. The molecule has 0 saturated heterocycles. The molecule has 1 N–H and O–H groups in total. The summed E-state index contributed by atoms with van der Waals surface area (Å²) in [4.78, 5) is 4.22. The predicted octanol–water partition coefficient (Wildman–Crippen LogP) is 1.94. The van der Waals surface area contributed by atoms with Crippen molar-refractivity contribution in [3.63, 3.8) is 0 Å². The third-order valence-electron chi connectivity index (χ3n) is 2.98. The summed E-state index contributed by atoms with van der Waals surface area (Å²) in [5.74, 6) is 1.98. The first-order valence-corrected chi connectivity index (χ1v) is 6.35. The Morgan fingerprint density at radius 3 is 2.75 bits per heavy atom. The molecule has 2 heterocycles. The first kappa shape index (κ1) is 12.6. The molecule has 0 aliphatic heterocycles. The summed E-state index contributed by atoms with van der Waals surface area (Å²) < 4.78 is 7.63. The number of aryl methyl sites for hydroxylation is 1. The van der Waals surface area contributed by atoms with Gasteiger partial charge in [-0.2, -0.15) is 0 Å². The third kappa shape index (κ3) is 2.33. The summed E-state index contributed by atoms with van der Waals surface area (Å²) in [5, 5.41) is 11.2. The van der Waals surface area contributed by atoms with Crippen molar-refractivity contribution >= 4 is 5.65 Å². The van der Waals surface area contributed by atoms with Crippen LogP contribution in [0.2, 0.25) is 0 Å². The normalized spacial score (nSPS) is 10.9. The van der Waals surface area contributed by atoms with Crippen LogP contribution in [0.4, 0.5) is 0 Å². The number of nitrogens with one attached hydrogen (secondary N) is 1. The van der Waals surface area contributed by atoms with E-state index in [1.54, 1.807) is 6.20 Å². The first-order valence-electron chi connectivity index (χ1n) is 6.35. The molecule has 0 fully saturated rings. The molecule has 20 heavy (non-hydrogen) atoms. The SMILES string of the molecule is CNCc1ccc(Oc2nccn3c(C)nnc23)cc1. The minimum absolute atomic E-state index is 0.453. The molecule has 0 aliphatic rings. The Hall–Kier alpha value is -2.47. The van der Waals surface area contributed by atoms with Crippen molar-refractivity contribution in [2.45, 2.75) is 13.5 Å². The zero-order chi connectivity index (χ0) is 13.9. The van der Waals surface area contributed by atoms with E-state index in [1.807, 2.05) is 48.8 Å². The van der Waals surface area contributed by atoms with Gasteiger partial charge in [0, 0.05) is 18.9 Å². The van der Waals surface area contributed by atoms with Crippen LogP contribution in [-0.2, 0) is 6.54 Å². The maximum atomic E-state index is 5.78. The lowest BCUT2D eigenvalue weighted by Crippen LogP contribution is -2.04. The number of nitrogens with zero attached hydrogens (tertiary/aromatic N) is 4. The Morgan fingerprint density at radius 1 is 1.20 bits per heavy atom. The zero-order valence-electron chi connectivity index (χ0n) is 11.4. The molecule has 1 aromatic carbocycles. The number of rotatable bonds is 4. The topological polar surface area (TPSA) is 64.3 Å². The van der Waals surface area contributed by atoms with Gasteiger partial charge in [-0.05, 0) is 31.7 Å². The van der Waals surface area contributed by atoms with Crippen molar-refractivity contribution in [2.24, 2.45) is 0 Å². The van der Waals surface area contributed by atoms with Crippen LogP contribution in [0, 0.1) is 6.92 Å². The highest BCUT2D eigenvalue weighted by atomic mass is 16.5. The van der Waals surface area contributed by atoms with Gasteiger partial charge in [-0.1, -0.05) is 12.1 Å². The number of aromatic nitrogens is 4. The van der Waals surface area contributed by atoms with E-state index in [-0.39, 0.29) is 0 Å². The van der Waals surface area contributed by atoms with E-state index in [0.717, 1.165) is 18.1 Å². The molecule has 0 radical (unpaired) electrons. The summed E-state index contributed by atoms with van der Waals surface area (Å²) in [7, 11) is 1.92. The van der Waals surface area contributed by atoms with Gasteiger partial charge < -0.3 is 10.1 Å². The lowest BCUT2D eigenvalue weighted by atomic mass is 10.2. The molecule has 6 nitrogen and oxygen atoms in total. The monoisotopic (exact) mass is 269 g/mol. The fraction of sp³-hybridized carbons (Fsp3) is 0.214. The van der Waals surface area contributed by atoms with Crippen LogP contribution in [-0.4, -0.2) is 26.6 Å². The Labute approximate surface area is 116 Å². The maximum absolute atomic E-state index is 5.78. The molecule has 3 aromatic rings. The van der Waals surface area contributed by atoms with E-state index in [1.165, 1.54) is 5.56 Å². The van der Waals surface area contributed by atoms with Gasteiger partial charge in [0.05, 0.1) is 0 Å². The second-order valence-electron chi connectivity index (χ2n) is 4.45. The molecule has 6 heteroatoms. The molecule has 0 spiro atoms. The van der Waals surface area contributed by atoms with Crippen LogP contribution < -0.4 is 10.1 Å². The van der Waals surface area contributed by atoms with Crippen molar-refractivity contribution < 1.29 is 4.74 Å². The van der Waals surface area contributed by atoms with Gasteiger partial charge in [0.25, 0.3) is 5.88 Å².